The molecule has 26 heavy (non-hydrogen) atoms. The lowest BCUT2D eigenvalue weighted by Crippen LogP contribution is -2.19. The molecule has 7 nitrogen and oxygen atoms in total. The number of halogens is 1. The van der Waals surface area contributed by atoms with Crippen molar-refractivity contribution in [3.05, 3.63) is 22.3 Å². The number of hydrogen-bond donors (Lipinski definition) is 0. The lowest BCUT2D eigenvalue weighted by Gasteiger charge is -2.07. The van der Waals surface area contributed by atoms with Crippen molar-refractivity contribution < 1.29 is 33.4 Å². The van der Waals surface area contributed by atoms with E-state index >= 15 is 0 Å². The number of hydrogen-bond acceptors (Lipinski definition) is 7. The molecule has 0 atom stereocenters. The van der Waals surface area contributed by atoms with Gasteiger partial charge in [-0.3, -0.25) is 4.79 Å². The number of carbonyl (C=O) groups excluding carboxylic acids is 4. The van der Waals surface area contributed by atoms with Crippen molar-refractivity contribution in [3.8, 4) is 0 Å². The van der Waals surface area contributed by atoms with Crippen LogP contribution in [-0.4, -0.2) is 43.0 Å². The highest BCUT2D eigenvalue weighted by Gasteiger charge is 2.22. The zero-order valence-corrected chi connectivity index (χ0v) is 17.1. The van der Waals surface area contributed by atoms with E-state index < -0.39 is 23.2 Å². The highest BCUT2D eigenvalue weighted by atomic mass is 35.5. The maximum Gasteiger partial charge on any atom is 0.345 e. The zero-order chi connectivity index (χ0) is 20.9. The molecule has 0 bridgehead atoms. The average molecular weight is 391 g/mol. The van der Waals surface area contributed by atoms with Crippen molar-refractivity contribution >= 4 is 34.8 Å². The lowest BCUT2D eigenvalue weighted by molar-refractivity contribution is -0.147. The molecule has 0 saturated heterocycles. The largest absolute Gasteiger partial charge is 0.462 e. The molecule has 0 amide bonds. The molecule has 0 N–H and O–H groups in total. The summed E-state index contributed by atoms with van der Waals surface area (Å²) in [6.07, 6.45) is 0. The zero-order valence-electron chi connectivity index (χ0n) is 16.4. The van der Waals surface area contributed by atoms with Crippen molar-refractivity contribution in [2.24, 2.45) is 0 Å². The molecule has 8 heteroatoms. The first-order valence-electron chi connectivity index (χ1n) is 8.11. The Labute approximate surface area is 159 Å². The van der Waals surface area contributed by atoms with Gasteiger partial charge in [-0.2, -0.15) is 0 Å². The van der Waals surface area contributed by atoms with Crippen LogP contribution < -0.4 is 0 Å². The second-order valence-electron chi connectivity index (χ2n) is 5.19. The molecule has 0 unspecified atom stereocenters. The van der Waals surface area contributed by atoms with Crippen molar-refractivity contribution in [1.82, 2.24) is 0 Å². The maximum absolute atomic E-state index is 11.3. The van der Waals surface area contributed by atoms with Crippen molar-refractivity contribution in [2.75, 3.05) is 19.8 Å². The predicted molar refractivity (Wildman–Crippen MR) is 97.5 cm³/mol. The van der Waals surface area contributed by atoms with E-state index in [0.29, 0.717) is 11.1 Å². The van der Waals surface area contributed by atoms with Gasteiger partial charge in [-0.05, 0) is 60.1 Å². The monoisotopic (exact) mass is 390 g/mol. The molecule has 0 rings (SSSR count). The number of rotatable bonds is 7. The van der Waals surface area contributed by atoms with Crippen LogP contribution in [0.15, 0.2) is 22.3 Å². The van der Waals surface area contributed by atoms with Crippen LogP contribution in [0.5, 0.6) is 0 Å². The van der Waals surface area contributed by atoms with Crippen LogP contribution in [0.1, 0.15) is 48.5 Å². The van der Waals surface area contributed by atoms with Gasteiger partial charge < -0.3 is 14.2 Å². The number of esters is 3. The van der Waals surface area contributed by atoms with Crippen LogP contribution in [0.2, 0.25) is 0 Å². The summed E-state index contributed by atoms with van der Waals surface area (Å²) in [5.74, 6) is -1.89. The molecule has 0 aliphatic carbocycles. The van der Waals surface area contributed by atoms with Crippen LogP contribution in [0.4, 0.5) is 0 Å². The van der Waals surface area contributed by atoms with Gasteiger partial charge in [-0.1, -0.05) is 11.1 Å². The van der Waals surface area contributed by atoms with Gasteiger partial charge in [0.05, 0.1) is 19.8 Å². The van der Waals surface area contributed by atoms with Crippen LogP contribution in [-0.2, 0) is 33.4 Å². The van der Waals surface area contributed by atoms with Gasteiger partial charge >= 0.3 is 17.9 Å². The highest BCUT2D eigenvalue weighted by Crippen LogP contribution is 2.09. The van der Waals surface area contributed by atoms with E-state index in [1.165, 1.54) is 0 Å². The second-order valence-corrected chi connectivity index (χ2v) is 5.53. The Kier molecular flexibility index (Phi) is 14.1. The van der Waals surface area contributed by atoms with Crippen LogP contribution in [0.3, 0.4) is 0 Å². The normalized spacial score (nSPS) is 9.08. The molecule has 0 aliphatic heterocycles. The summed E-state index contributed by atoms with van der Waals surface area (Å²) in [7, 11) is 0. The van der Waals surface area contributed by atoms with Gasteiger partial charge in [-0.25, -0.2) is 14.4 Å². The first-order chi connectivity index (χ1) is 12.0. The number of allylic oxidation sites excluding steroid dienone is 2. The number of ether oxygens (including phenoxy) is 3. The van der Waals surface area contributed by atoms with Crippen molar-refractivity contribution in [1.29, 1.82) is 0 Å². The topological polar surface area (TPSA) is 96.0 Å². The smallest absolute Gasteiger partial charge is 0.345 e. The van der Waals surface area contributed by atoms with E-state index in [-0.39, 0.29) is 31.0 Å². The van der Waals surface area contributed by atoms with Crippen molar-refractivity contribution in [3.63, 3.8) is 0 Å². The van der Waals surface area contributed by atoms with Gasteiger partial charge in [0.15, 0.2) is 0 Å². The molecule has 0 aromatic carbocycles. The third-order valence-electron chi connectivity index (χ3n) is 2.64. The Bertz CT molecular complexity index is 560. The Morgan fingerprint density at radius 3 is 1.08 bits per heavy atom. The summed E-state index contributed by atoms with van der Waals surface area (Å²) < 4.78 is 14.1. The molecule has 148 valence electrons. The van der Waals surface area contributed by atoms with Gasteiger partial charge in [0.2, 0.25) is 0 Å². The van der Waals surface area contributed by atoms with Crippen molar-refractivity contribution in [2.45, 2.75) is 48.5 Å². The molecular weight excluding hydrogens is 364 g/mol. The number of carbonyl (C=O) groups is 4. The molecule has 0 heterocycles. The minimum Gasteiger partial charge on any atom is -0.462 e. The third kappa shape index (κ3) is 9.98. The molecule has 0 aliphatic rings. The van der Waals surface area contributed by atoms with Gasteiger partial charge in [0.1, 0.15) is 11.1 Å². The molecule has 0 radical (unpaired) electrons. The quantitative estimate of drug-likeness (QED) is 0.164. The fourth-order valence-electron chi connectivity index (χ4n) is 1.58. The Morgan fingerprint density at radius 2 is 0.885 bits per heavy atom. The molecule has 0 aromatic rings. The predicted octanol–water partition coefficient (Wildman–Crippen LogP) is 3.10. The Balaban J connectivity index is 0. The van der Waals surface area contributed by atoms with E-state index in [1.807, 2.05) is 0 Å². The Morgan fingerprint density at radius 1 is 0.615 bits per heavy atom. The summed E-state index contributed by atoms with van der Waals surface area (Å²) in [5, 5.41) is -0.770. The fourth-order valence-corrected chi connectivity index (χ4v) is 1.85. The third-order valence-corrected chi connectivity index (χ3v) is 2.82. The molecular formula is C18H27ClO7. The van der Waals surface area contributed by atoms with Gasteiger partial charge in [0, 0.05) is 0 Å². The van der Waals surface area contributed by atoms with Crippen LogP contribution in [0.25, 0.3) is 0 Å². The summed E-state index contributed by atoms with van der Waals surface area (Å²) in [4.78, 5) is 44.4. The molecule has 0 spiro atoms. The molecule has 0 fully saturated rings. The van der Waals surface area contributed by atoms with E-state index in [2.05, 4.69) is 4.74 Å². The minimum absolute atomic E-state index is 0.00583. The van der Waals surface area contributed by atoms with E-state index in [1.54, 1.807) is 48.5 Å². The molecule has 0 aromatic heterocycles. The van der Waals surface area contributed by atoms with E-state index in [0.717, 1.165) is 0 Å². The summed E-state index contributed by atoms with van der Waals surface area (Å²) in [6, 6.07) is 0. The standard InChI is InChI=1S/C10H16O4.C8H11ClO3/c1-5-13-9(11)8(7(3)4)10(12)14-6-2;1-4-12-8(11)6(5(2)3)7(9)10/h5-6H2,1-4H3;4H2,1-3H3. The lowest BCUT2D eigenvalue weighted by atomic mass is 10.1. The molecule has 0 saturated carbocycles. The van der Waals surface area contributed by atoms with Gasteiger partial charge in [0.25, 0.3) is 5.24 Å². The second kappa shape index (κ2) is 14.1. The average Bonchev–Trinajstić information content (AvgIpc) is 2.47. The van der Waals surface area contributed by atoms with Crippen LogP contribution >= 0.6 is 11.6 Å². The summed E-state index contributed by atoms with van der Waals surface area (Å²) in [6.45, 7) is 12.4. The summed E-state index contributed by atoms with van der Waals surface area (Å²) >= 11 is 5.17. The highest BCUT2D eigenvalue weighted by molar-refractivity contribution is 6.70. The fraction of sp³-hybridized carbons (Fsp3) is 0.556. The van der Waals surface area contributed by atoms with Gasteiger partial charge in [-0.15, -0.1) is 0 Å². The maximum atomic E-state index is 11.3. The minimum atomic E-state index is -0.770. The first-order valence-corrected chi connectivity index (χ1v) is 8.48. The Hall–Kier alpha value is -2.15. The van der Waals surface area contributed by atoms with Crippen LogP contribution in [0, 0.1) is 0 Å². The van der Waals surface area contributed by atoms with E-state index in [4.69, 9.17) is 21.1 Å². The SMILES string of the molecule is CCOC(=O)C(C(=O)Cl)=C(C)C.CCOC(=O)C(C(=O)OCC)=C(C)C. The first kappa shape index (κ1) is 26.1. The van der Waals surface area contributed by atoms with E-state index in [9.17, 15) is 19.2 Å². The summed E-state index contributed by atoms with van der Waals surface area (Å²) in [5.41, 5.74) is 1.09.